The number of aromatic nitrogens is 3. The van der Waals surface area contributed by atoms with E-state index < -0.39 is 30.1 Å². The normalized spacial score (nSPS) is 25.1. The number of hydrogen-bond donors (Lipinski definition) is 0. The molecule has 5 heterocycles. The lowest BCUT2D eigenvalue weighted by Gasteiger charge is -2.39. The van der Waals surface area contributed by atoms with Gasteiger partial charge in [-0.2, -0.15) is 18.2 Å². The van der Waals surface area contributed by atoms with Gasteiger partial charge in [0.1, 0.15) is 11.9 Å². The number of nitrogens with zero attached hydrogens (tertiary/aromatic N) is 5. The number of carbonyl (C=O) groups is 1. The van der Waals surface area contributed by atoms with Gasteiger partial charge in [0.2, 0.25) is 5.95 Å². The Morgan fingerprint density at radius 1 is 1.32 bits per heavy atom. The van der Waals surface area contributed by atoms with Crippen LogP contribution in [0, 0.1) is 0 Å². The number of halogens is 3. The molecule has 11 heteroatoms. The van der Waals surface area contributed by atoms with Gasteiger partial charge in [-0.05, 0) is 25.0 Å². The van der Waals surface area contributed by atoms with Gasteiger partial charge in [0.25, 0.3) is 5.56 Å². The molecule has 3 atom stereocenters. The highest BCUT2D eigenvalue weighted by molar-refractivity contribution is 5.98. The van der Waals surface area contributed by atoms with Gasteiger partial charge in [-0.15, -0.1) is 0 Å². The van der Waals surface area contributed by atoms with Crippen molar-refractivity contribution in [3.63, 3.8) is 0 Å². The van der Waals surface area contributed by atoms with Gasteiger partial charge in [0.15, 0.2) is 5.78 Å². The fraction of sp³-hybridized carbons (Fsp3) is 0.500. The van der Waals surface area contributed by atoms with Gasteiger partial charge in [-0.3, -0.25) is 19.1 Å². The zero-order valence-corrected chi connectivity index (χ0v) is 16.5. The first kappa shape index (κ1) is 20.0. The van der Waals surface area contributed by atoms with E-state index in [-0.39, 0.29) is 36.6 Å². The first-order chi connectivity index (χ1) is 14.8. The smallest absolute Gasteiger partial charge is 0.374 e. The summed E-state index contributed by atoms with van der Waals surface area (Å²) in [5.74, 6) is -0.324. The van der Waals surface area contributed by atoms with E-state index in [4.69, 9.17) is 4.74 Å². The van der Waals surface area contributed by atoms with Gasteiger partial charge in [-0.1, -0.05) is 0 Å². The first-order valence-electron chi connectivity index (χ1n) is 10.1. The lowest BCUT2D eigenvalue weighted by molar-refractivity contribution is -0.152. The molecule has 31 heavy (non-hydrogen) atoms. The third-order valence-corrected chi connectivity index (χ3v) is 6.10. The van der Waals surface area contributed by atoms with Crippen molar-refractivity contribution in [1.82, 2.24) is 14.5 Å². The lowest BCUT2D eigenvalue weighted by atomic mass is 10.1. The van der Waals surface area contributed by atoms with Crippen molar-refractivity contribution in [3.05, 3.63) is 46.5 Å². The van der Waals surface area contributed by atoms with Crippen LogP contribution in [0.15, 0.2) is 35.4 Å². The SMILES string of the molecule is O=C(CN1c2nc(N3CC4CC3CO4)cc(=O)n2CC[C@H]1C(F)(F)F)c1cccnc1. The molecule has 0 saturated carbocycles. The van der Waals surface area contributed by atoms with E-state index in [0.717, 1.165) is 11.3 Å². The third kappa shape index (κ3) is 3.56. The number of hydrogen-bond acceptors (Lipinski definition) is 7. The molecular formula is C20H20F3N5O3. The molecule has 2 aromatic rings. The number of rotatable bonds is 4. The van der Waals surface area contributed by atoms with Crippen LogP contribution >= 0.6 is 0 Å². The molecule has 0 radical (unpaired) electrons. The molecule has 2 aromatic heterocycles. The molecule has 2 fully saturated rings. The quantitative estimate of drug-likeness (QED) is 0.676. The summed E-state index contributed by atoms with van der Waals surface area (Å²) in [5, 5.41) is 0. The molecule has 0 N–H and O–H groups in total. The maximum Gasteiger partial charge on any atom is 0.408 e. The van der Waals surface area contributed by atoms with Gasteiger partial charge in [0, 0.05) is 37.1 Å². The second-order valence-electron chi connectivity index (χ2n) is 8.04. The predicted octanol–water partition coefficient (Wildman–Crippen LogP) is 1.64. The highest BCUT2D eigenvalue weighted by Crippen LogP contribution is 2.36. The van der Waals surface area contributed by atoms with Crippen molar-refractivity contribution in [2.45, 2.75) is 43.8 Å². The molecule has 2 unspecified atom stereocenters. The van der Waals surface area contributed by atoms with E-state index in [0.29, 0.717) is 19.0 Å². The van der Waals surface area contributed by atoms with E-state index in [1.807, 2.05) is 4.90 Å². The minimum absolute atomic E-state index is 0.0387. The topological polar surface area (TPSA) is 80.6 Å². The number of morpholine rings is 1. The zero-order valence-electron chi connectivity index (χ0n) is 16.5. The maximum atomic E-state index is 13.9. The van der Waals surface area contributed by atoms with Crippen LogP contribution in [-0.2, 0) is 11.3 Å². The molecule has 8 nitrogen and oxygen atoms in total. The van der Waals surface area contributed by atoms with Crippen LogP contribution in [0.25, 0.3) is 0 Å². The number of pyridine rings is 1. The Kier molecular flexibility index (Phi) is 4.72. The molecule has 2 bridgehead atoms. The maximum absolute atomic E-state index is 13.9. The van der Waals surface area contributed by atoms with E-state index >= 15 is 0 Å². The average Bonchev–Trinajstić information content (AvgIpc) is 3.37. The Morgan fingerprint density at radius 2 is 2.16 bits per heavy atom. The monoisotopic (exact) mass is 435 g/mol. The summed E-state index contributed by atoms with van der Waals surface area (Å²) in [6.45, 7) is 0.371. The van der Waals surface area contributed by atoms with E-state index in [2.05, 4.69) is 9.97 Å². The van der Waals surface area contributed by atoms with Crippen LogP contribution in [0.5, 0.6) is 0 Å². The number of alkyl halides is 3. The van der Waals surface area contributed by atoms with Gasteiger partial charge in [-0.25, -0.2) is 0 Å². The highest BCUT2D eigenvalue weighted by Gasteiger charge is 2.48. The molecule has 5 rings (SSSR count). The Bertz CT molecular complexity index is 1060. The summed E-state index contributed by atoms with van der Waals surface area (Å²) in [4.78, 5) is 36.6. The van der Waals surface area contributed by atoms with E-state index in [9.17, 15) is 22.8 Å². The summed E-state index contributed by atoms with van der Waals surface area (Å²) in [7, 11) is 0. The Labute approximate surface area is 175 Å². The van der Waals surface area contributed by atoms with Crippen molar-refractivity contribution in [2.24, 2.45) is 0 Å². The zero-order chi connectivity index (χ0) is 21.8. The molecular weight excluding hydrogens is 415 g/mol. The van der Waals surface area contributed by atoms with Crippen LogP contribution in [-0.4, -0.2) is 64.4 Å². The van der Waals surface area contributed by atoms with Crippen LogP contribution in [0.2, 0.25) is 0 Å². The average molecular weight is 435 g/mol. The number of carbonyl (C=O) groups excluding carboxylic acids is 1. The summed E-state index contributed by atoms with van der Waals surface area (Å²) in [6.07, 6.45) is -1.28. The fourth-order valence-corrected chi connectivity index (χ4v) is 4.58. The number of Topliss-reactive ketones (excluding diaryl/α,β-unsaturated/α-hetero) is 1. The second-order valence-corrected chi connectivity index (χ2v) is 8.04. The third-order valence-electron chi connectivity index (χ3n) is 6.10. The van der Waals surface area contributed by atoms with E-state index in [1.165, 1.54) is 29.1 Å². The van der Waals surface area contributed by atoms with Gasteiger partial charge in [0.05, 0.1) is 25.3 Å². The minimum Gasteiger partial charge on any atom is -0.374 e. The number of fused-ring (bicyclic) bond motifs is 3. The summed E-state index contributed by atoms with van der Waals surface area (Å²) >= 11 is 0. The Balaban J connectivity index is 1.54. The van der Waals surface area contributed by atoms with Gasteiger partial charge >= 0.3 is 6.18 Å². The molecule has 0 aliphatic carbocycles. The molecule has 3 aliphatic rings. The van der Waals surface area contributed by atoms with E-state index in [1.54, 1.807) is 6.07 Å². The molecule has 0 amide bonds. The number of ketones is 1. The van der Waals surface area contributed by atoms with Crippen LogP contribution in [0.1, 0.15) is 23.2 Å². The Morgan fingerprint density at radius 3 is 2.81 bits per heavy atom. The second kappa shape index (κ2) is 7.33. The van der Waals surface area contributed by atoms with Crippen molar-refractivity contribution in [3.8, 4) is 0 Å². The lowest BCUT2D eigenvalue weighted by Crippen LogP contribution is -2.54. The summed E-state index contributed by atoms with van der Waals surface area (Å²) in [5.41, 5.74) is -0.226. The van der Waals surface area contributed by atoms with Crippen molar-refractivity contribution in [2.75, 3.05) is 29.5 Å². The molecule has 2 saturated heterocycles. The summed E-state index contributed by atoms with van der Waals surface area (Å²) < 4.78 is 48.3. The molecule has 3 aliphatic heterocycles. The van der Waals surface area contributed by atoms with Crippen molar-refractivity contribution in [1.29, 1.82) is 0 Å². The standard InChI is InChI=1S/C20H20F3N5O3/c21-20(22,23)16-3-5-26-18(30)7-17(27-9-14-6-13(27)11-31-14)25-19(26)28(16)10-15(29)12-2-1-4-24-8-12/h1-2,4,7-8,13-14,16H,3,5-6,9-11H2/t13?,14?,16-/m0/s1. The molecule has 0 spiro atoms. The number of anilines is 2. The number of ether oxygens (including phenoxy) is 1. The van der Waals surface area contributed by atoms with Crippen LogP contribution < -0.4 is 15.4 Å². The van der Waals surface area contributed by atoms with Crippen LogP contribution in [0.4, 0.5) is 24.9 Å². The van der Waals surface area contributed by atoms with Crippen molar-refractivity contribution >= 4 is 17.5 Å². The first-order valence-corrected chi connectivity index (χ1v) is 10.1. The summed E-state index contributed by atoms with van der Waals surface area (Å²) in [6, 6.07) is 2.55. The minimum atomic E-state index is -4.57. The highest BCUT2D eigenvalue weighted by atomic mass is 19.4. The molecule has 0 aromatic carbocycles. The predicted molar refractivity (Wildman–Crippen MR) is 104 cm³/mol. The van der Waals surface area contributed by atoms with Crippen molar-refractivity contribution < 1.29 is 22.7 Å². The largest absolute Gasteiger partial charge is 0.408 e. The van der Waals surface area contributed by atoms with Crippen LogP contribution in [0.3, 0.4) is 0 Å². The Hall–Kier alpha value is -2.95. The fourth-order valence-electron chi connectivity index (χ4n) is 4.58. The molecule has 164 valence electrons. The van der Waals surface area contributed by atoms with Gasteiger partial charge < -0.3 is 14.5 Å².